The van der Waals surface area contributed by atoms with Gasteiger partial charge in [-0.2, -0.15) is 0 Å². The van der Waals surface area contributed by atoms with E-state index in [0.717, 1.165) is 25.3 Å². The molecule has 0 aliphatic heterocycles. The maximum Gasteiger partial charge on any atom is 0.303 e. The van der Waals surface area contributed by atoms with Crippen LogP contribution in [-0.4, -0.2) is 30.8 Å². The van der Waals surface area contributed by atoms with Crippen LogP contribution in [0.25, 0.3) is 0 Å². The Hall–Kier alpha value is -1.55. The lowest BCUT2D eigenvalue weighted by Crippen LogP contribution is -2.26. The Labute approximate surface area is 127 Å². The molecular formula is C17H27NO3. The number of nitrogens with one attached hydrogen (secondary N) is 1. The van der Waals surface area contributed by atoms with Crippen LogP contribution in [0.15, 0.2) is 24.3 Å². The first-order valence-corrected chi connectivity index (χ1v) is 7.51. The highest BCUT2D eigenvalue weighted by molar-refractivity contribution is 5.66. The molecular weight excluding hydrogens is 266 g/mol. The molecule has 4 heteroatoms. The van der Waals surface area contributed by atoms with Crippen molar-refractivity contribution in [3.8, 4) is 5.75 Å². The van der Waals surface area contributed by atoms with Crippen LogP contribution in [0.1, 0.15) is 38.7 Å². The lowest BCUT2D eigenvalue weighted by molar-refractivity contribution is -0.137. The van der Waals surface area contributed by atoms with Crippen molar-refractivity contribution in [3.63, 3.8) is 0 Å². The molecule has 0 bridgehead atoms. The molecule has 0 aliphatic carbocycles. The van der Waals surface area contributed by atoms with E-state index in [-0.39, 0.29) is 11.8 Å². The summed E-state index contributed by atoms with van der Waals surface area (Å²) in [6, 6.07) is 8.02. The zero-order valence-electron chi connectivity index (χ0n) is 13.3. The minimum atomic E-state index is -0.720. The number of hydrogen-bond donors (Lipinski definition) is 2. The summed E-state index contributed by atoms with van der Waals surface area (Å²) in [5.74, 6) is 0.173. The molecule has 0 saturated carbocycles. The number of benzene rings is 1. The van der Waals surface area contributed by atoms with Gasteiger partial charge < -0.3 is 15.2 Å². The van der Waals surface area contributed by atoms with Crippen molar-refractivity contribution >= 4 is 5.97 Å². The van der Waals surface area contributed by atoms with Gasteiger partial charge in [-0.25, -0.2) is 0 Å². The van der Waals surface area contributed by atoms with E-state index in [2.05, 4.69) is 26.1 Å². The quantitative estimate of drug-likeness (QED) is 0.650. The molecule has 1 aromatic rings. The van der Waals surface area contributed by atoms with E-state index in [9.17, 15) is 4.79 Å². The summed E-state index contributed by atoms with van der Waals surface area (Å²) >= 11 is 0. The molecule has 0 unspecified atom stereocenters. The van der Waals surface area contributed by atoms with Gasteiger partial charge in [0.15, 0.2) is 0 Å². The van der Waals surface area contributed by atoms with Crippen molar-refractivity contribution < 1.29 is 14.6 Å². The molecule has 1 aromatic carbocycles. The lowest BCUT2D eigenvalue weighted by Gasteiger charge is -2.23. The second kappa shape index (κ2) is 8.67. The Bertz CT molecular complexity index is 426. The standard InChI is InChI=1S/C17H27NO3/c1-14-4-6-15(7-5-14)21-13-12-18-11-10-17(2,3)9-8-16(19)20/h4-7,18H,8-13H2,1-3H3,(H,19,20). The average Bonchev–Trinajstić information content (AvgIpc) is 2.42. The molecule has 0 aliphatic rings. The molecule has 2 N–H and O–H groups in total. The number of hydrogen-bond acceptors (Lipinski definition) is 3. The van der Waals surface area contributed by atoms with Gasteiger partial charge in [-0.1, -0.05) is 31.5 Å². The van der Waals surface area contributed by atoms with Gasteiger partial charge in [0.1, 0.15) is 12.4 Å². The third-order valence-electron chi connectivity index (χ3n) is 3.56. The summed E-state index contributed by atoms with van der Waals surface area (Å²) in [4.78, 5) is 10.6. The Morgan fingerprint density at radius 2 is 1.86 bits per heavy atom. The summed E-state index contributed by atoms with van der Waals surface area (Å²) in [5, 5.41) is 12.0. The number of rotatable bonds is 10. The maximum atomic E-state index is 10.6. The van der Waals surface area contributed by atoms with Gasteiger partial charge in [-0.15, -0.1) is 0 Å². The van der Waals surface area contributed by atoms with Gasteiger partial charge in [0.05, 0.1) is 0 Å². The summed E-state index contributed by atoms with van der Waals surface area (Å²) < 4.78 is 5.63. The van der Waals surface area contributed by atoms with Gasteiger partial charge in [-0.3, -0.25) is 4.79 Å². The summed E-state index contributed by atoms with van der Waals surface area (Å²) in [5.41, 5.74) is 1.28. The Balaban J connectivity index is 2.08. The molecule has 0 amide bonds. The first-order chi connectivity index (χ1) is 9.89. The molecule has 118 valence electrons. The summed E-state index contributed by atoms with van der Waals surface area (Å²) in [6.45, 7) is 8.59. The van der Waals surface area contributed by atoms with Gasteiger partial charge in [0, 0.05) is 13.0 Å². The highest BCUT2D eigenvalue weighted by atomic mass is 16.5. The van der Waals surface area contributed by atoms with Crippen molar-refractivity contribution in [2.24, 2.45) is 5.41 Å². The van der Waals surface area contributed by atoms with E-state index in [1.165, 1.54) is 5.56 Å². The van der Waals surface area contributed by atoms with Gasteiger partial charge in [0.25, 0.3) is 0 Å². The van der Waals surface area contributed by atoms with Crippen LogP contribution < -0.4 is 10.1 Å². The van der Waals surface area contributed by atoms with Gasteiger partial charge in [0.2, 0.25) is 0 Å². The van der Waals surface area contributed by atoms with Crippen LogP contribution in [0.2, 0.25) is 0 Å². The van der Waals surface area contributed by atoms with Crippen molar-refractivity contribution in [2.75, 3.05) is 19.7 Å². The fourth-order valence-electron chi connectivity index (χ4n) is 2.00. The van der Waals surface area contributed by atoms with Crippen LogP contribution in [0.5, 0.6) is 5.75 Å². The molecule has 21 heavy (non-hydrogen) atoms. The van der Waals surface area contributed by atoms with Crippen molar-refractivity contribution in [3.05, 3.63) is 29.8 Å². The first kappa shape index (κ1) is 17.5. The number of carbonyl (C=O) groups is 1. The number of ether oxygens (including phenoxy) is 1. The van der Waals surface area contributed by atoms with Gasteiger partial charge >= 0.3 is 5.97 Å². The molecule has 0 radical (unpaired) electrons. The smallest absolute Gasteiger partial charge is 0.303 e. The zero-order chi connectivity index (χ0) is 15.7. The molecule has 4 nitrogen and oxygen atoms in total. The average molecular weight is 293 g/mol. The zero-order valence-corrected chi connectivity index (χ0v) is 13.3. The summed E-state index contributed by atoms with van der Waals surface area (Å²) in [7, 11) is 0. The van der Waals surface area contributed by atoms with Crippen LogP contribution in [0.3, 0.4) is 0 Å². The summed E-state index contributed by atoms with van der Waals surface area (Å²) in [6.07, 6.45) is 1.91. The molecule has 0 saturated heterocycles. The molecule has 0 heterocycles. The van der Waals surface area contributed by atoms with Crippen molar-refractivity contribution in [2.45, 2.75) is 40.0 Å². The highest BCUT2D eigenvalue weighted by Crippen LogP contribution is 2.25. The molecule has 1 rings (SSSR count). The number of aryl methyl sites for hydroxylation is 1. The van der Waals surface area contributed by atoms with Crippen molar-refractivity contribution in [1.29, 1.82) is 0 Å². The first-order valence-electron chi connectivity index (χ1n) is 7.51. The maximum absolute atomic E-state index is 10.6. The van der Waals surface area contributed by atoms with E-state index in [4.69, 9.17) is 9.84 Å². The normalized spacial score (nSPS) is 11.4. The van der Waals surface area contributed by atoms with E-state index < -0.39 is 5.97 Å². The molecule has 0 aromatic heterocycles. The van der Waals surface area contributed by atoms with Crippen molar-refractivity contribution in [1.82, 2.24) is 5.32 Å². The van der Waals surface area contributed by atoms with E-state index in [1.54, 1.807) is 0 Å². The van der Waals surface area contributed by atoms with Gasteiger partial charge in [-0.05, 0) is 43.9 Å². The molecule has 0 spiro atoms. The van der Waals surface area contributed by atoms with Crippen LogP contribution >= 0.6 is 0 Å². The highest BCUT2D eigenvalue weighted by Gasteiger charge is 2.18. The van der Waals surface area contributed by atoms with Crippen LogP contribution in [0.4, 0.5) is 0 Å². The fourth-order valence-corrected chi connectivity index (χ4v) is 2.00. The minimum Gasteiger partial charge on any atom is -0.492 e. The predicted octanol–water partition coefficient (Wildman–Crippen LogP) is 3.24. The van der Waals surface area contributed by atoms with E-state index >= 15 is 0 Å². The van der Waals surface area contributed by atoms with Crippen LogP contribution in [0, 0.1) is 12.3 Å². The second-order valence-electron chi connectivity index (χ2n) is 6.22. The Morgan fingerprint density at radius 3 is 2.48 bits per heavy atom. The second-order valence-corrected chi connectivity index (χ2v) is 6.22. The molecule has 0 fully saturated rings. The Kier molecular flexibility index (Phi) is 7.23. The lowest BCUT2D eigenvalue weighted by atomic mass is 9.84. The largest absolute Gasteiger partial charge is 0.492 e. The van der Waals surface area contributed by atoms with E-state index in [1.807, 2.05) is 24.3 Å². The minimum absolute atomic E-state index is 0.0587. The molecule has 0 atom stereocenters. The number of carboxylic acids is 1. The Morgan fingerprint density at radius 1 is 1.19 bits per heavy atom. The predicted molar refractivity (Wildman–Crippen MR) is 84.8 cm³/mol. The van der Waals surface area contributed by atoms with E-state index in [0.29, 0.717) is 13.0 Å². The monoisotopic (exact) mass is 293 g/mol. The third-order valence-corrected chi connectivity index (χ3v) is 3.56. The SMILES string of the molecule is Cc1ccc(OCCNCCC(C)(C)CCC(=O)O)cc1. The third kappa shape index (κ3) is 8.35. The topological polar surface area (TPSA) is 58.6 Å². The number of aliphatic carboxylic acids is 1. The fraction of sp³-hybridized carbons (Fsp3) is 0.588. The van der Waals surface area contributed by atoms with Crippen LogP contribution in [-0.2, 0) is 4.79 Å². The number of carboxylic acid groups (broad SMARTS) is 1.